The average molecular weight is 165 g/mol. The molecular weight excluding hydrogens is 146 g/mol. The van der Waals surface area contributed by atoms with Crippen LogP contribution in [0, 0.1) is 0 Å². The molecule has 0 N–H and O–H groups in total. The third kappa shape index (κ3) is 7.00. The van der Waals surface area contributed by atoms with E-state index in [0.29, 0.717) is 0 Å². The Morgan fingerprint density at radius 1 is 1.17 bits per heavy atom. The molecule has 0 bridgehead atoms. The van der Waals surface area contributed by atoms with E-state index >= 15 is 0 Å². The van der Waals surface area contributed by atoms with E-state index in [1.165, 1.54) is 0 Å². The van der Waals surface area contributed by atoms with Crippen LogP contribution in [0.4, 0.5) is 0 Å². The Morgan fingerprint density at radius 3 is 1.83 bits per heavy atom. The van der Waals surface area contributed by atoms with Gasteiger partial charge in [-0.05, 0) is 33.3 Å². The predicted molar refractivity (Wildman–Crippen MR) is 58.6 cm³/mol. The smallest absolute Gasteiger partial charge is 0.0398 e. The number of nitrogens with zero attached hydrogens (tertiary/aromatic N) is 1. The van der Waals surface area contributed by atoms with Crippen molar-refractivity contribution in [3.63, 3.8) is 0 Å². The van der Waals surface area contributed by atoms with Crippen LogP contribution in [-0.4, -0.2) is 5.71 Å². The van der Waals surface area contributed by atoms with Crippen molar-refractivity contribution in [2.75, 3.05) is 0 Å². The summed E-state index contributed by atoms with van der Waals surface area (Å²) in [6.07, 6.45) is 1.98. The maximum atomic E-state index is 4.27. The van der Waals surface area contributed by atoms with Crippen LogP contribution in [0.5, 0.6) is 0 Å². The minimum absolute atomic E-state index is 1.01. The molecule has 0 aromatic carbocycles. The third-order valence-electron chi connectivity index (χ3n) is 1.38. The van der Waals surface area contributed by atoms with E-state index in [-0.39, 0.29) is 0 Å². The lowest BCUT2D eigenvalue weighted by Crippen LogP contribution is -1.90. The molecule has 0 radical (unpaired) electrons. The molecule has 0 aromatic heterocycles. The van der Waals surface area contributed by atoms with Crippen LogP contribution < -0.4 is 0 Å². The Hall–Kier alpha value is -1.11. The maximum absolute atomic E-state index is 4.27. The average Bonchev–Trinajstić information content (AvgIpc) is 2.07. The van der Waals surface area contributed by atoms with Crippen molar-refractivity contribution in [2.45, 2.75) is 27.7 Å². The second-order valence-corrected chi connectivity index (χ2v) is 2.41. The van der Waals surface area contributed by atoms with Gasteiger partial charge in [0.1, 0.15) is 0 Å². The summed E-state index contributed by atoms with van der Waals surface area (Å²) in [6.45, 7) is 17.7. The standard InChI is InChI=1S/C9H15N.C2H4/c1-6-8(4)10-9(5)7(2)3;1-2/h6H,2H2,1,3-5H3;1-2H2/b8-6+,10-9?;. The molecule has 1 nitrogen and oxygen atoms in total. The van der Waals surface area contributed by atoms with Crippen molar-refractivity contribution in [3.05, 3.63) is 37.1 Å². The number of rotatable bonds is 2. The molecule has 0 heterocycles. The minimum Gasteiger partial charge on any atom is -0.259 e. The van der Waals surface area contributed by atoms with Crippen molar-refractivity contribution >= 4 is 5.71 Å². The van der Waals surface area contributed by atoms with Gasteiger partial charge >= 0.3 is 0 Å². The Morgan fingerprint density at radius 2 is 1.58 bits per heavy atom. The van der Waals surface area contributed by atoms with E-state index in [4.69, 9.17) is 0 Å². The van der Waals surface area contributed by atoms with E-state index in [9.17, 15) is 0 Å². The molecule has 0 fully saturated rings. The predicted octanol–water partition coefficient (Wildman–Crippen LogP) is 3.75. The highest BCUT2D eigenvalue weighted by Gasteiger charge is 1.89. The summed E-state index contributed by atoms with van der Waals surface area (Å²) in [7, 11) is 0. The Balaban J connectivity index is 0. The molecule has 0 atom stereocenters. The topological polar surface area (TPSA) is 12.4 Å². The number of allylic oxidation sites excluding steroid dienone is 3. The van der Waals surface area contributed by atoms with Crippen molar-refractivity contribution < 1.29 is 0 Å². The van der Waals surface area contributed by atoms with Crippen molar-refractivity contribution in [3.8, 4) is 0 Å². The van der Waals surface area contributed by atoms with Crippen LogP contribution in [0.2, 0.25) is 0 Å². The summed E-state index contributed by atoms with van der Waals surface area (Å²) in [5.74, 6) is 0. The summed E-state index contributed by atoms with van der Waals surface area (Å²) in [5, 5.41) is 0. The monoisotopic (exact) mass is 165 g/mol. The second-order valence-electron chi connectivity index (χ2n) is 2.41. The van der Waals surface area contributed by atoms with Gasteiger partial charge < -0.3 is 0 Å². The van der Waals surface area contributed by atoms with Crippen molar-refractivity contribution in [2.24, 2.45) is 4.99 Å². The summed E-state index contributed by atoms with van der Waals surface area (Å²) >= 11 is 0. The van der Waals surface area contributed by atoms with Crippen LogP contribution >= 0.6 is 0 Å². The number of hydrogen-bond donors (Lipinski definition) is 0. The van der Waals surface area contributed by atoms with E-state index in [0.717, 1.165) is 17.0 Å². The van der Waals surface area contributed by atoms with Gasteiger partial charge in [-0.1, -0.05) is 12.7 Å². The first-order valence-electron chi connectivity index (χ1n) is 3.92. The summed E-state index contributed by atoms with van der Waals surface area (Å²) in [6, 6.07) is 0. The lowest BCUT2D eigenvalue weighted by molar-refractivity contribution is 1.27. The van der Waals surface area contributed by atoms with Gasteiger partial charge in [0.15, 0.2) is 0 Å². The van der Waals surface area contributed by atoms with E-state index < -0.39 is 0 Å². The van der Waals surface area contributed by atoms with Crippen LogP contribution in [0.15, 0.2) is 42.1 Å². The summed E-state index contributed by atoms with van der Waals surface area (Å²) in [4.78, 5) is 4.27. The largest absolute Gasteiger partial charge is 0.259 e. The highest BCUT2D eigenvalue weighted by atomic mass is 14.7. The zero-order chi connectivity index (χ0) is 10.1. The highest BCUT2D eigenvalue weighted by Crippen LogP contribution is 1.99. The van der Waals surface area contributed by atoms with Crippen LogP contribution in [0.25, 0.3) is 0 Å². The quantitative estimate of drug-likeness (QED) is 0.436. The number of aliphatic imine (C=N–C) groups is 1. The summed E-state index contributed by atoms with van der Waals surface area (Å²) < 4.78 is 0. The molecule has 0 aliphatic heterocycles. The molecular formula is C11H19N. The lowest BCUT2D eigenvalue weighted by atomic mass is 10.2. The van der Waals surface area contributed by atoms with Crippen molar-refractivity contribution in [1.29, 1.82) is 0 Å². The highest BCUT2D eigenvalue weighted by molar-refractivity contribution is 5.97. The van der Waals surface area contributed by atoms with Crippen LogP contribution in [0.3, 0.4) is 0 Å². The van der Waals surface area contributed by atoms with Gasteiger partial charge in [0, 0.05) is 11.4 Å². The van der Waals surface area contributed by atoms with E-state index in [2.05, 4.69) is 24.7 Å². The summed E-state index contributed by atoms with van der Waals surface area (Å²) in [5.41, 5.74) is 3.08. The zero-order valence-corrected chi connectivity index (χ0v) is 8.65. The fourth-order valence-electron chi connectivity index (χ4n) is 0.425. The molecule has 1 heteroatoms. The molecule has 0 aromatic rings. The van der Waals surface area contributed by atoms with Gasteiger partial charge in [0.2, 0.25) is 0 Å². The first-order chi connectivity index (χ1) is 5.57. The molecule has 68 valence electrons. The second kappa shape index (κ2) is 7.99. The molecule has 12 heavy (non-hydrogen) atoms. The molecule has 0 amide bonds. The fourth-order valence-corrected chi connectivity index (χ4v) is 0.425. The first-order valence-corrected chi connectivity index (χ1v) is 3.92. The zero-order valence-electron chi connectivity index (χ0n) is 8.65. The molecule has 0 saturated carbocycles. The Kier molecular flexibility index (Phi) is 8.98. The third-order valence-corrected chi connectivity index (χ3v) is 1.38. The molecule has 0 rings (SSSR count). The van der Waals surface area contributed by atoms with Gasteiger partial charge in [-0.25, -0.2) is 0 Å². The van der Waals surface area contributed by atoms with Gasteiger partial charge in [0.25, 0.3) is 0 Å². The van der Waals surface area contributed by atoms with Crippen LogP contribution in [0.1, 0.15) is 27.7 Å². The number of hydrogen-bond acceptors (Lipinski definition) is 1. The van der Waals surface area contributed by atoms with Gasteiger partial charge in [-0.2, -0.15) is 0 Å². The van der Waals surface area contributed by atoms with Gasteiger partial charge in [-0.15, -0.1) is 13.2 Å². The Bertz CT molecular complexity index is 197. The van der Waals surface area contributed by atoms with E-state index in [1.807, 2.05) is 33.8 Å². The SMILES string of the molecule is C=C.C=C(C)C(C)=N/C(C)=C/C. The lowest BCUT2D eigenvalue weighted by Gasteiger charge is -1.96. The molecule has 0 unspecified atom stereocenters. The van der Waals surface area contributed by atoms with Crippen LogP contribution in [-0.2, 0) is 0 Å². The van der Waals surface area contributed by atoms with E-state index in [1.54, 1.807) is 0 Å². The van der Waals surface area contributed by atoms with Crippen molar-refractivity contribution in [1.82, 2.24) is 0 Å². The van der Waals surface area contributed by atoms with Gasteiger partial charge in [-0.3, -0.25) is 4.99 Å². The molecule has 0 saturated heterocycles. The normalized spacial score (nSPS) is 11.7. The molecule has 0 aliphatic carbocycles. The molecule has 0 spiro atoms. The molecule has 0 aliphatic rings. The Labute approximate surface area is 76.2 Å². The minimum atomic E-state index is 1.01. The maximum Gasteiger partial charge on any atom is 0.0398 e. The first kappa shape index (κ1) is 13.5. The fraction of sp³-hybridized carbons (Fsp3) is 0.364. The van der Waals surface area contributed by atoms with Gasteiger partial charge in [0.05, 0.1) is 0 Å².